The molecule has 1 fully saturated rings. The van der Waals surface area contributed by atoms with E-state index < -0.39 is 5.41 Å². The third-order valence-electron chi connectivity index (χ3n) is 6.43. The summed E-state index contributed by atoms with van der Waals surface area (Å²) in [4.78, 5) is 21.2. The SMILES string of the molecule is Cc1cc(OCC(C)(C)C(O)=C2CCC2)ncc1-c1cnc(-c2ncc(-c3ccccc3)[nH]2)nc1. The summed E-state index contributed by atoms with van der Waals surface area (Å²) in [5.74, 6) is 2.15. The highest BCUT2D eigenvalue weighted by Crippen LogP contribution is 2.36. The molecule has 0 aliphatic heterocycles. The molecule has 7 heteroatoms. The Hall–Kier alpha value is -4.00. The molecule has 0 unspecified atom stereocenters. The molecule has 0 bridgehead atoms. The summed E-state index contributed by atoms with van der Waals surface area (Å²) in [5.41, 5.74) is 5.50. The van der Waals surface area contributed by atoms with Crippen molar-refractivity contribution in [2.24, 2.45) is 5.41 Å². The number of aromatic nitrogens is 5. The summed E-state index contributed by atoms with van der Waals surface area (Å²) in [7, 11) is 0. The second-order valence-electron chi connectivity index (χ2n) is 9.62. The number of hydrogen-bond acceptors (Lipinski definition) is 6. The molecule has 1 aliphatic carbocycles. The minimum absolute atomic E-state index is 0.361. The first-order chi connectivity index (χ1) is 16.9. The number of hydrogen-bond donors (Lipinski definition) is 2. The highest BCUT2D eigenvalue weighted by atomic mass is 16.5. The smallest absolute Gasteiger partial charge is 0.213 e. The van der Waals surface area contributed by atoms with E-state index in [0.29, 0.717) is 29.9 Å². The number of pyridine rings is 1. The van der Waals surface area contributed by atoms with Crippen molar-refractivity contribution in [3.8, 4) is 39.9 Å². The van der Waals surface area contributed by atoms with Crippen LogP contribution in [0.3, 0.4) is 0 Å². The Morgan fingerprint density at radius 3 is 2.37 bits per heavy atom. The van der Waals surface area contributed by atoms with Crippen LogP contribution in [0, 0.1) is 12.3 Å². The maximum absolute atomic E-state index is 10.5. The van der Waals surface area contributed by atoms with Crippen molar-refractivity contribution in [2.75, 3.05) is 6.61 Å². The van der Waals surface area contributed by atoms with Crippen LogP contribution in [0.15, 0.2) is 72.5 Å². The first-order valence-electron chi connectivity index (χ1n) is 11.8. The van der Waals surface area contributed by atoms with Crippen LogP contribution in [-0.4, -0.2) is 36.6 Å². The maximum Gasteiger partial charge on any atom is 0.213 e. The summed E-state index contributed by atoms with van der Waals surface area (Å²) in [6.07, 6.45) is 10.2. The summed E-state index contributed by atoms with van der Waals surface area (Å²) < 4.78 is 5.95. The van der Waals surface area contributed by atoms with E-state index in [2.05, 4.69) is 24.9 Å². The second-order valence-corrected chi connectivity index (χ2v) is 9.62. The Balaban J connectivity index is 1.28. The van der Waals surface area contributed by atoms with E-state index in [9.17, 15) is 5.11 Å². The molecule has 0 radical (unpaired) electrons. The zero-order valence-electron chi connectivity index (χ0n) is 20.2. The lowest BCUT2D eigenvalue weighted by Crippen LogP contribution is -2.26. The largest absolute Gasteiger partial charge is 0.512 e. The molecule has 0 saturated heterocycles. The van der Waals surface area contributed by atoms with Crippen molar-refractivity contribution >= 4 is 0 Å². The van der Waals surface area contributed by atoms with Gasteiger partial charge in [-0.3, -0.25) is 0 Å². The van der Waals surface area contributed by atoms with Crippen LogP contribution >= 0.6 is 0 Å². The van der Waals surface area contributed by atoms with Crippen LogP contribution in [0.5, 0.6) is 5.88 Å². The van der Waals surface area contributed by atoms with Gasteiger partial charge in [0.1, 0.15) is 12.4 Å². The van der Waals surface area contributed by atoms with E-state index in [1.165, 1.54) is 0 Å². The second kappa shape index (κ2) is 9.33. The van der Waals surface area contributed by atoms with E-state index in [4.69, 9.17) is 4.74 Å². The van der Waals surface area contributed by atoms with Gasteiger partial charge in [-0.2, -0.15) is 0 Å². The molecule has 5 rings (SSSR count). The minimum Gasteiger partial charge on any atom is -0.512 e. The summed E-state index contributed by atoms with van der Waals surface area (Å²) >= 11 is 0. The molecule has 35 heavy (non-hydrogen) atoms. The van der Waals surface area contributed by atoms with Crippen molar-refractivity contribution < 1.29 is 9.84 Å². The number of allylic oxidation sites excluding steroid dienone is 1. The van der Waals surface area contributed by atoms with Gasteiger partial charge >= 0.3 is 0 Å². The molecule has 1 aromatic carbocycles. The Morgan fingerprint density at radius 2 is 1.71 bits per heavy atom. The summed E-state index contributed by atoms with van der Waals surface area (Å²) in [6.45, 7) is 6.36. The van der Waals surface area contributed by atoms with Gasteiger partial charge < -0.3 is 14.8 Å². The Morgan fingerprint density at radius 1 is 0.971 bits per heavy atom. The number of aryl methyl sites for hydroxylation is 1. The van der Waals surface area contributed by atoms with Gasteiger partial charge in [-0.15, -0.1) is 0 Å². The van der Waals surface area contributed by atoms with Crippen molar-refractivity contribution in [2.45, 2.75) is 40.0 Å². The normalized spacial score (nSPS) is 13.4. The van der Waals surface area contributed by atoms with Crippen molar-refractivity contribution in [1.82, 2.24) is 24.9 Å². The number of H-pyrrole nitrogens is 1. The van der Waals surface area contributed by atoms with Crippen molar-refractivity contribution in [1.29, 1.82) is 0 Å². The molecular formula is C28H29N5O2. The highest BCUT2D eigenvalue weighted by Gasteiger charge is 2.29. The number of aliphatic hydroxyl groups is 1. The predicted octanol–water partition coefficient (Wildman–Crippen LogP) is 6.31. The van der Waals surface area contributed by atoms with Crippen LogP contribution in [0.4, 0.5) is 0 Å². The zero-order valence-corrected chi connectivity index (χ0v) is 20.2. The molecule has 2 N–H and O–H groups in total. The number of ether oxygens (including phenoxy) is 1. The first kappa shape index (κ1) is 22.8. The lowest BCUT2D eigenvalue weighted by Gasteiger charge is -2.29. The Labute approximate surface area is 205 Å². The molecular weight excluding hydrogens is 438 g/mol. The van der Waals surface area contributed by atoms with Gasteiger partial charge in [0.25, 0.3) is 0 Å². The number of aliphatic hydroxyl groups excluding tert-OH is 1. The van der Waals surface area contributed by atoms with Crippen LogP contribution in [-0.2, 0) is 0 Å². The number of nitrogens with zero attached hydrogens (tertiary/aromatic N) is 4. The standard InChI is InChI=1S/C28H29N5O2/c1-18-12-24(35-17-28(2,3)25(34)20-10-7-11-20)29-15-22(18)21-13-30-26(31-14-21)27-32-16-23(33-27)19-8-5-4-6-9-19/h4-6,8-9,12-16,34H,7,10-11,17H2,1-3H3,(H,32,33). The first-order valence-corrected chi connectivity index (χ1v) is 11.8. The lowest BCUT2D eigenvalue weighted by molar-refractivity contribution is 0.148. The lowest BCUT2D eigenvalue weighted by atomic mass is 9.81. The number of rotatable bonds is 7. The van der Waals surface area contributed by atoms with Gasteiger partial charge in [-0.25, -0.2) is 19.9 Å². The third-order valence-corrected chi connectivity index (χ3v) is 6.43. The van der Waals surface area contributed by atoms with Gasteiger partial charge in [-0.05, 0) is 56.7 Å². The fourth-order valence-electron chi connectivity index (χ4n) is 4.09. The number of aromatic amines is 1. The van der Waals surface area contributed by atoms with Gasteiger partial charge in [-0.1, -0.05) is 30.3 Å². The van der Waals surface area contributed by atoms with Crippen molar-refractivity contribution in [3.05, 3.63) is 78.1 Å². The monoisotopic (exact) mass is 467 g/mol. The van der Waals surface area contributed by atoms with Crippen LogP contribution in [0.2, 0.25) is 0 Å². The maximum atomic E-state index is 10.5. The van der Waals surface area contributed by atoms with Gasteiger partial charge in [0.05, 0.1) is 17.3 Å². The van der Waals surface area contributed by atoms with Crippen LogP contribution in [0.25, 0.3) is 34.0 Å². The number of nitrogens with one attached hydrogen (secondary N) is 1. The summed E-state index contributed by atoms with van der Waals surface area (Å²) in [5, 5.41) is 10.5. The van der Waals surface area contributed by atoms with E-state index in [1.54, 1.807) is 24.8 Å². The van der Waals surface area contributed by atoms with Crippen LogP contribution < -0.4 is 4.74 Å². The zero-order chi connectivity index (χ0) is 24.4. The predicted molar refractivity (Wildman–Crippen MR) is 136 cm³/mol. The van der Waals surface area contributed by atoms with E-state index in [1.807, 2.05) is 57.2 Å². The fraction of sp³-hybridized carbons (Fsp3) is 0.286. The average Bonchev–Trinajstić information content (AvgIpc) is 3.33. The Kier molecular flexibility index (Phi) is 6.07. The molecule has 0 amide bonds. The molecule has 1 saturated carbocycles. The molecule has 178 valence electrons. The van der Waals surface area contributed by atoms with E-state index in [0.717, 1.165) is 52.8 Å². The minimum atomic E-state index is -0.445. The molecule has 0 spiro atoms. The van der Waals surface area contributed by atoms with E-state index >= 15 is 0 Å². The molecule has 7 nitrogen and oxygen atoms in total. The number of benzene rings is 1. The third kappa shape index (κ3) is 4.80. The van der Waals surface area contributed by atoms with Gasteiger partial charge in [0.2, 0.25) is 5.88 Å². The van der Waals surface area contributed by atoms with Gasteiger partial charge in [0.15, 0.2) is 11.6 Å². The summed E-state index contributed by atoms with van der Waals surface area (Å²) in [6, 6.07) is 11.9. The molecule has 4 aromatic rings. The molecule has 0 atom stereocenters. The molecule has 3 heterocycles. The quantitative estimate of drug-likeness (QED) is 0.309. The van der Waals surface area contributed by atoms with E-state index in [-0.39, 0.29) is 0 Å². The molecule has 3 aromatic heterocycles. The van der Waals surface area contributed by atoms with Gasteiger partial charge in [0, 0.05) is 35.8 Å². The Bertz CT molecular complexity index is 1350. The van der Waals surface area contributed by atoms with Crippen molar-refractivity contribution in [3.63, 3.8) is 0 Å². The molecule has 1 aliphatic rings. The van der Waals surface area contributed by atoms with Crippen LogP contribution in [0.1, 0.15) is 38.7 Å². The number of imidazole rings is 1. The average molecular weight is 468 g/mol. The highest BCUT2D eigenvalue weighted by molar-refractivity contribution is 5.66. The fourth-order valence-corrected chi connectivity index (χ4v) is 4.09. The topological polar surface area (TPSA) is 96.8 Å².